The lowest BCUT2D eigenvalue weighted by Gasteiger charge is -2.01. The molecule has 1 rings (SSSR count). The second-order valence-electron chi connectivity index (χ2n) is 2.14. The predicted octanol–water partition coefficient (Wildman–Crippen LogP) is 2.29. The average molecular weight is 187 g/mol. The smallest absolute Gasteiger partial charge is 0.310 e. The number of hydrogen-bond donors (Lipinski definition) is 1. The molecule has 1 aromatic rings. The SMILES string of the molecule is CNc1cccc(Cl)c1[N+](=O)[O-]. The third-order valence-corrected chi connectivity index (χ3v) is 1.74. The number of hydrogen-bond acceptors (Lipinski definition) is 3. The van der Waals surface area contributed by atoms with Gasteiger partial charge in [-0.2, -0.15) is 0 Å². The molecule has 12 heavy (non-hydrogen) atoms. The van der Waals surface area contributed by atoms with Crippen molar-refractivity contribution in [2.75, 3.05) is 12.4 Å². The molecule has 1 N–H and O–H groups in total. The maximum absolute atomic E-state index is 10.5. The van der Waals surface area contributed by atoms with E-state index in [0.29, 0.717) is 5.69 Å². The number of nitro groups is 1. The summed E-state index contributed by atoms with van der Waals surface area (Å²) in [5.41, 5.74) is 0.342. The predicted molar refractivity (Wildman–Crippen MR) is 47.7 cm³/mol. The Kier molecular flexibility index (Phi) is 2.50. The molecule has 64 valence electrons. The van der Waals surface area contributed by atoms with Crippen LogP contribution in [0.15, 0.2) is 18.2 Å². The van der Waals surface area contributed by atoms with Crippen LogP contribution in [-0.2, 0) is 0 Å². The van der Waals surface area contributed by atoms with Crippen LogP contribution in [0.3, 0.4) is 0 Å². The molecule has 0 aliphatic heterocycles. The number of para-hydroxylation sites is 1. The molecule has 0 aliphatic carbocycles. The first kappa shape index (κ1) is 8.80. The molecule has 5 heteroatoms. The lowest BCUT2D eigenvalue weighted by atomic mass is 10.3. The summed E-state index contributed by atoms with van der Waals surface area (Å²) in [6.07, 6.45) is 0. The summed E-state index contributed by atoms with van der Waals surface area (Å²) >= 11 is 5.62. The van der Waals surface area contributed by atoms with Gasteiger partial charge in [-0.05, 0) is 12.1 Å². The van der Waals surface area contributed by atoms with Gasteiger partial charge in [0.25, 0.3) is 0 Å². The van der Waals surface area contributed by atoms with Gasteiger partial charge in [0.15, 0.2) is 0 Å². The normalized spacial score (nSPS) is 9.50. The van der Waals surface area contributed by atoms with Crippen molar-refractivity contribution < 1.29 is 4.92 Å². The lowest BCUT2D eigenvalue weighted by Crippen LogP contribution is -1.96. The average Bonchev–Trinajstić information content (AvgIpc) is 2.03. The van der Waals surface area contributed by atoms with Gasteiger partial charge in [-0.25, -0.2) is 0 Å². The molecule has 0 bridgehead atoms. The highest BCUT2D eigenvalue weighted by Gasteiger charge is 2.16. The summed E-state index contributed by atoms with van der Waals surface area (Å²) < 4.78 is 0. The fourth-order valence-corrected chi connectivity index (χ4v) is 1.15. The Bertz CT molecular complexity index is 314. The van der Waals surface area contributed by atoms with E-state index in [1.165, 1.54) is 6.07 Å². The number of anilines is 1. The number of nitro benzene ring substituents is 1. The number of nitrogens with one attached hydrogen (secondary N) is 1. The van der Waals surface area contributed by atoms with E-state index in [1.807, 2.05) is 0 Å². The van der Waals surface area contributed by atoms with Gasteiger partial charge in [-0.15, -0.1) is 0 Å². The minimum atomic E-state index is -0.506. The van der Waals surface area contributed by atoms with E-state index in [1.54, 1.807) is 19.2 Å². The quantitative estimate of drug-likeness (QED) is 0.570. The van der Waals surface area contributed by atoms with Gasteiger partial charge in [0.05, 0.1) is 4.92 Å². The van der Waals surface area contributed by atoms with Gasteiger partial charge < -0.3 is 5.32 Å². The molecule has 0 spiro atoms. The summed E-state index contributed by atoms with van der Waals surface area (Å²) in [6.45, 7) is 0. The fraction of sp³-hybridized carbons (Fsp3) is 0.143. The van der Waals surface area contributed by atoms with E-state index < -0.39 is 4.92 Å². The topological polar surface area (TPSA) is 55.2 Å². The first-order valence-corrected chi connectivity index (χ1v) is 3.65. The van der Waals surface area contributed by atoms with Crippen LogP contribution in [0.5, 0.6) is 0 Å². The maximum atomic E-state index is 10.5. The summed E-state index contributed by atoms with van der Waals surface area (Å²) in [4.78, 5) is 9.98. The second kappa shape index (κ2) is 3.40. The summed E-state index contributed by atoms with van der Waals surface area (Å²) in [7, 11) is 1.61. The van der Waals surface area contributed by atoms with Crippen LogP contribution in [0.4, 0.5) is 11.4 Å². The van der Waals surface area contributed by atoms with Crippen molar-refractivity contribution in [1.82, 2.24) is 0 Å². The van der Waals surface area contributed by atoms with Crippen LogP contribution in [0.1, 0.15) is 0 Å². The van der Waals surface area contributed by atoms with Crippen molar-refractivity contribution in [2.24, 2.45) is 0 Å². The molecular weight excluding hydrogens is 180 g/mol. The zero-order valence-electron chi connectivity index (χ0n) is 6.37. The molecule has 0 fully saturated rings. The standard InChI is InChI=1S/C7H7ClN2O2/c1-9-6-4-2-3-5(8)7(6)10(11)12/h2-4,9H,1H3. The fourth-order valence-electron chi connectivity index (χ4n) is 0.903. The second-order valence-corrected chi connectivity index (χ2v) is 2.55. The van der Waals surface area contributed by atoms with E-state index in [0.717, 1.165) is 0 Å². The third-order valence-electron chi connectivity index (χ3n) is 1.44. The Morgan fingerprint density at radius 2 is 2.25 bits per heavy atom. The van der Waals surface area contributed by atoms with Gasteiger partial charge in [-0.3, -0.25) is 10.1 Å². The van der Waals surface area contributed by atoms with Gasteiger partial charge in [0, 0.05) is 7.05 Å². The van der Waals surface area contributed by atoms with Crippen LogP contribution in [0.2, 0.25) is 5.02 Å². The van der Waals surface area contributed by atoms with Crippen molar-refractivity contribution in [3.63, 3.8) is 0 Å². The van der Waals surface area contributed by atoms with Crippen molar-refractivity contribution in [1.29, 1.82) is 0 Å². The molecule has 0 saturated carbocycles. The zero-order chi connectivity index (χ0) is 9.14. The van der Waals surface area contributed by atoms with Gasteiger partial charge in [0.1, 0.15) is 10.7 Å². The van der Waals surface area contributed by atoms with E-state index in [2.05, 4.69) is 5.32 Å². The lowest BCUT2D eigenvalue weighted by molar-refractivity contribution is -0.383. The highest BCUT2D eigenvalue weighted by atomic mass is 35.5. The van der Waals surface area contributed by atoms with Gasteiger partial charge in [0.2, 0.25) is 0 Å². The molecule has 1 aromatic carbocycles. The number of nitrogens with zero attached hydrogens (tertiary/aromatic N) is 1. The summed E-state index contributed by atoms with van der Waals surface area (Å²) in [5.74, 6) is 0. The van der Waals surface area contributed by atoms with Crippen LogP contribution < -0.4 is 5.32 Å². The molecule has 0 saturated heterocycles. The van der Waals surface area contributed by atoms with Crippen molar-refractivity contribution in [3.8, 4) is 0 Å². The summed E-state index contributed by atoms with van der Waals surface area (Å²) in [5, 5.41) is 13.3. The van der Waals surface area contributed by atoms with Gasteiger partial charge in [-0.1, -0.05) is 17.7 Å². The van der Waals surface area contributed by atoms with Crippen LogP contribution in [0.25, 0.3) is 0 Å². The molecular formula is C7H7ClN2O2. The Labute approximate surface area is 74.3 Å². The van der Waals surface area contributed by atoms with E-state index in [-0.39, 0.29) is 10.7 Å². The monoisotopic (exact) mass is 186 g/mol. The van der Waals surface area contributed by atoms with Gasteiger partial charge >= 0.3 is 5.69 Å². The minimum absolute atomic E-state index is 0.0818. The minimum Gasteiger partial charge on any atom is -0.383 e. The highest BCUT2D eigenvalue weighted by molar-refractivity contribution is 6.33. The molecule has 0 amide bonds. The van der Waals surface area contributed by atoms with Crippen LogP contribution >= 0.6 is 11.6 Å². The van der Waals surface area contributed by atoms with E-state index >= 15 is 0 Å². The molecule has 0 heterocycles. The zero-order valence-corrected chi connectivity index (χ0v) is 7.13. The Hall–Kier alpha value is -1.29. The Morgan fingerprint density at radius 3 is 2.67 bits per heavy atom. The highest BCUT2D eigenvalue weighted by Crippen LogP contribution is 2.31. The maximum Gasteiger partial charge on any atom is 0.310 e. The van der Waals surface area contributed by atoms with Crippen molar-refractivity contribution in [2.45, 2.75) is 0 Å². The first-order chi connectivity index (χ1) is 5.66. The molecule has 0 aromatic heterocycles. The van der Waals surface area contributed by atoms with E-state index in [9.17, 15) is 10.1 Å². The van der Waals surface area contributed by atoms with E-state index in [4.69, 9.17) is 11.6 Å². The first-order valence-electron chi connectivity index (χ1n) is 3.27. The number of halogens is 1. The summed E-state index contributed by atoms with van der Waals surface area (Å²) in [6, 6.07) is 4.74. The molecule has 0 aliphatic rings. The molecule has 4 nitrogen and oxygen atoms in total. The largest absolute Gasteiger partial charge is 0.383 e. The van der Waals surface area contributed by atoms with Crippen molar-refractivity contribution in [3.05, 3.63) is 33.3 Å². The van der Waals surface area contributed by atoms with Crippen LogP contribution in [-0.4, -0.2) is 12.0 Å². The Balaban J connectivity index is 3.29. The van der Waals surface area contributed by atoms with Crippen LogP contribution in [0, 0.1) is 10.1 Å². The number of benzene rings is 1. The van der Waals surface area contributed by atoms with Crippen molar-refractivity contribution >= 4 is 23.0 Å². The third kappa shape index (κ3) is 1.48. The molecule has 0 unspecified atom stereocenters. The molecule has 0 radical (unpaired) electrons. The molecule has 0 atom stereocenters. The number of rotatable bonds is 2. The Morgan fingerprint density at radius 1 is 1.58 bits per heavy atom.